The van der Waals surface area contributed by atoms with Crippen LogP contribution in [-0.2, 0) is 15.0 Å². The lowest BCUT2D eigenvalue weighted by Gasteiger charge is -2.18. The highest BCUT2D eigenvalue weighted by Gasteiger charge is 2.18. The van der Waals surface area contributed by atoms with Crippen molar-refractivity contribution in [2.24, 2.45) is 0 Å². The Labute approximate surface area is 98.2 Å². The first-order valence-electron chi connectivity index (χ1n) is 4.31. The number of ether oxygens (including phenoxy) is 1. The fraction of sp³-hybridized carbons (Fsp3) is 1.00. The zero-order valence-corrected chi connectivity index (χ0v) is 11.0. The topological polar surface area (TPSA) is 87.1 Å². The minimum absolute atomic E-state index is 0.0205. The maximum absolute atomic E-state index is 10.6. The largest absolute Gasteiger partial charge is 0.389 e. The molecule has 0 aliphatic rings. The summed E-state index contributed by atoms with van der Waals surface area (Å²) in [6.07, 6.45) is -1.02. The molecule has 2 unspecified atom stereocenters. The molecule has 0 saturated carbocycles. The number of alkyl halides is 1. The molecule has 2 atom stereocenters. The Morgan fingerprint density at radius 3 is 2.47 bits per heavy atom. The van der Waals surface area contributed by atoms with Gasteiger partial charge in [-0.1, -0.05) is 15.9 Å². The highest BCUT2D eigenvalue weighted by molar-refractivity contribution is 9.09. The maximum Gasteiger partial charge on any atom is 0.335 e. The summed E-state index contributed by atoms with van der Waals surface area (Å²) in [5.41, 5.74) is 0. The second-order valence-electron chi connectivity index (χ2n) is 3.21. The molecule has 0 spiro atoms. The van der Waals surface area contributed by atoms with E-state index in [1.54, 1.807) is 0 Å². The van der Waals surface area contributed by atoms with Crippen LogP contribution < -0.4 is 0 Å². The van der Waals surface area contributed by atoms with E-state index in [2.05, 4.69) is 15.9 Å². The summed E-state index contributed by atoms with van der Waals surface area (Å²) in [4.78, 5) is 0. The van der Waals surface area contributed by atoms with Gasteiger partial charge in [0.15, 0.2) is 0 Å². The number of aliphatic hydroxyl groups is 1. The van der Waals surface area contributed by atoms with Crippen LogP contribution in [0.2, 0.25) is 0 Å². The van der Waals surface area contributed by atoms with Crippen LogP contribution in [0.25, 0.3) is 0 Å². The van der Waals surface area contributed by atoms with Gasteiger partial charge in [0, 0.05) is 18.9 Å². The molecular formula is C7H16BrNO5S. The highest BCUT2D eigenvalue weighted by atomic mass is 79.9. The molecule has 0 amide bonds. The maximum atomic E-state index is 10.6. The van der Waals surface area contributed by atoms with Crippen LogP contribution in [0.15, 0.2) is 0 Å². The molecule has 0 aromatic heterocycles. The molecule has 0 fully saturated rings. The second-order valence-corrected chi connectivity index (χ2v) is 5.38. The zero-order valence-electron chi connectivity index (χ0n) is 8.63. The van der Waals surface area contributed by atoms with E-state index in [0.717, 1.165) is 0 Å². The standard InChI is InChI=1S/C7H16BrNO5S/c1-6(3-8)14-5-7(10)4-9(2)15(11,12)13/h6-7,10H,3-5H2,1-2H3,(H,11,12,13). The van der Waals surface area contributed by atoms with Gasteiger partial charge in [-0.3, -0.25) is 4.55 Å². The predicted molar refractivity (Wildman–Crippen MR) is 59.4 cm³/mol. The summed E-state index contributed by atoms with van der Waals surface area (Å²) < 4.78 is 35.6. The monoisotopic (exact) mass is 305 g/mol. The summed E-state index contributed by atoms with van der Waals surface area (Å²) in [6, 6.07) is 0. The molecule has 0 heterocycles. The van der Waals surface area contributed by atoms with E-state index in [1.165, 1.54) is 7.05 Å². The molecule has 92 valence electrons. The summed E-state index contributed by atoms with van der Waals surface area (Å²) in [7, 11) is -3.06. The Balaban J connectivity index is 3.89. The smallest absolute Gasteiger partial charge is 0.335 e. The Kier molecular flexibility index (Phi) is 6.89. The minimum Gasteiger partial charge on any atom is -0.389 e. The van der Waals surface area contributed by atoms with Gasteiger partial charge in [-0.15, -0.1) is 0 Å². The molecule has 0 aromatic rings. The van der Waals surface area contributed by atoms with Gasteiger partial charge in [0.05, 0.1) is 18.8 Å². The molecule has 2 N–H and O–H groups in total. The first kappa shape index (κ1) is 15.3. The average Bonchev–Trinajstić information content (AvgIpc) is 2.12. The molecule has 0 radical (unpaired) electrons. The summed E-state index contributed by atoms with van der Waals surface area (Å²) in [5, 5.41) is 10.0. The highest BCUT2D eigenvalue weighted by Crippen LogP contribution is 2.00. The molecule has 6 nitrogen and oxygen atoms in total. The number of hydrogen-bond acceptors (Lipinski definition) is 4. The van der Waals surface area contributed by atoms with Gasteiger partial charge in [-0.05, 0) is 6.92 Å². The van der Waals surface area contributed by atoms with Crippen molar-refractivity contribution < 1.29 is 22.8 Å². The normalized spacial score (nSPS) is 16.7. The van der Waals surface area contributed by atoms with E-state index in [9.17, 15) is 13.5 Å². The van der Waals surface area contributed by atoms with Crippen LogP contribution in [0, 0.1) is 0 Å². The first-order valence-corrected chi connectivity index (χ1v) is 6.83. The lowest BCUT2D eigenvalue weighted by atomic mass is 10.4. The van der Waals surface area contributed by atoms with Gasteiger partial charge in [-0.25, -0.2) is 0 Å². The molecule has 0 aliphatic carbocycles. The van der Waals surface area contributed by atoms with Crippen molar-refractivity contribution in [3.63, 3.8) is 0 Å². The van der Waals surface area contributed by atoms with Gasteiger partial charge in [0.2, 0.25) is 0 Å². The predicted octanol–water partition coefficient (Wildman–Crippen LogP) is -0.118. The Hall–Kier alpha value is 0.270. The van der Waals surface area contributed by atoms with Crippen molar-refractivity contribution in [2.75, 3.05) is 25.5 Å². The van der Waals surface area contributed by atoms with Crippen molar-refractivity contribution in [2.45, 2.75) is 19.1 Å². The molecule has 0 aromatic carbocycles. The second kappa shape index (κ2) is 6.77. The first-order chi connectivity index (χ1) is 6.77. The van der Waals surface area contributed by atoms with Crippen LogP contribution in [0.1, 0.15) is 6.92 Å². The fourth-order valence-corrected chi connectivity index (χ4v) is 1.31. The molecule has 0 bridgehead atoms. The van der Waals surface area contributed by atoms with E-state index in [4.69, 9.17) is 9.29 Å². The van der Waals surface area contributed by atoms with Crippen LogP contribution in [0.5, 0.6) is 0 Å². The van der Waals surface area contributed by atoms with E-state index in [-0.39, 0.29) is 19.3 Å². The summed E-state index contributed by atoms with van der Waals surface area (Å²) in [5.74, 6) is 0. The van der Waals surface area contributed by atoms with Gasteiger partial charge in [-0.2, -0.15) is 12.7 Å². The fourth-order valence-electron chi connectivity index (χ4n) is 0.764. The SMILES string of the molecule is CC(CBr)OCC(O)CN(C)S(=O)(=O)O. The minimum atomic E-state index is -4.23. The van der Waals surface area contributed by atoms with Gasteiger partial charge in [0.25, 0.3) is 0 Å². The van der Waals surface area contributed by atoms with E-state index in [1.807, 2.05) is 6.92 Å². The number of nitrogens with zero attached hydrogens (tertiary/aromatic N) is 1. The van der Waals surface area contributed by atoms with Crippen LogP contribution in [-0.4, -0.2) is 60.1 Å². The Morgan fingerprint density at radius 1 is 1.53 bits per heavy atom. The van der Waals surface area contributed by atoms with Crippen LogP contribution in [0.4, 0.5) is 0 Å². The molecule has 0 aliphatic heterocycles. The van der Waals surface area contributed by atoms with Crippen molar-refractivity contribution in [1.29, 1.82) is 0 Å². The Bertz CT molecular complexity index is 271. The third kappa shape index (κ3) is 7.20. The molecule has 15 heavy (non-hydrogen) atoms. The molecular weight excluding hydrogens is 290 g/mol. The quantitative estimate of drug-likeness (QED) is 0.506. The third-order valence-electron chi connectivity index (χ3n) is 1.65. The number of aliphatic hydroxyl groups excluding tert-OH is 1. The van der Waals surface area contributed by atoms with Crippen LogP contribution in [0.3, 0.4) is 0 Å². The van der Waals surface area contributed by atoms with Gasteiger partial charge in [0.1, 0.15) is 0 Å². The molecule has 0 rings (SSSR count). The number of likely N-dealkylation sites (N-methyl/N-ethyl adjacent to an activating group) is 1. The van der Waals surface area contributed by atoms with Gasteiger partial charge >= 0.3 is 10.3 Å². The summed E-state index contributed by atoms with van der Waals surface area (Å²) >= 11 is 3.19. The molecule has 8 heteroatoms. The zero-order chi connectivity index (χ0) is 12.1. The number of halogens is 1. The lowest BCUT2D eigenvalue weighted by Crippen LogP contribution is -2.36. The van der Waals surface area contributed by atoms with E-state index in [0.29, 0.717) is 9.64 Å². The number of hydrogen-bond donors (Lipinski definition) is 2. The molecule has 0 saturated heterocycles. The summed E-state index contributed by atoms with van der Waals surface area (Å²) in [6.45, 7) is 1.63. The Morgan fingerprint density at radius 2 is 2.07 bits per heavy atom. The van der Waals surface area contributed by atoms with Gasteiger partial charge < -0.3 is 9.84 Å². The number of rotatable bonds is 7. The van der Waals surface area contributed by atoms with Crippen LogP contribution >= 0.6 is 15.9 Å². The average molecular weight is 306 g/mol. The van der Waals surface area contributed by atoms with E-state index >= 15 is 0 Å². The van der Waals surface area contributed by atoms with Crippen molar-refractivity contribution in [3.05, 3.63) is 0 Å². The lowest BCUT2D eigenvalue weighted by molar-refractivity contribution is 0.00272. The third-order valence-corrected chi connectivity index (χ3v) is 3.50. The van der Waals surface area contributed by atoms with Crippen molar-refractivity contribution >= 4 is 26.2 Å². The van der Waals surface area contributed by atoms with Crippen molar-refractivity contribution in [3.8, 4) is 0 Å². The van der Waals surface area contributed by atoms with Crippen molar-refractivity contribution in [1.82, 2.24) is 4.31 Å². The van der Waals surface area contributed by atoms with E-state index < -0.39 is 16.4 Å².